The van der Waals surface area contributed by atoms with Crippen LogP contribution in [-0.2, 0) is 7.05 Å². The summed E-state index contributed by atoms with van der Waals surface area (Å²) in [6.45, 7) is 5.28. The van der Waals surface area contributed by atoms with Crippen LogP contribution in [-0.4, -0.2) is 28.4 Å². The van der Waals surface area contributed by atoms with Gasteiger partial charge in [0.15, 0.2) is 0 Å². The van der Waals surface area contributed by atoms with E-state index in [1.54, 1.807) is 18.2 Å². The van der Waals surface area contributed by atoms with Crippen molar-refractivity contribution < 1.29 is 10.2 Å². The summed E-state index contributed by atoms with van der Waals surface area (Å²) in [4.78, 5) is 2.22. The number of likely N-dealkylation sites (N-methyl/N-ethyl adjacent to an activating group) is 1. The fourth-order valence-corrected chi connectivity index (χ4v) is 3.47. The molecule has 1 aliphatic rings. The molecule has 1 aliphatic heterocycles. The summed E-state index contributed by atoms with van der Waals surface area (Å²) in [7, 11) is 4.09. The van der Waals surface area contributed by atoms with Gasteiger partial charge in [0.25, 0.3) is 0 Å². The third-order valence-corrected chi connectivity index (χ3v) is 4.67. The van der Waals surface area contributed by atoms with Crippen LogP contribution in [0.25, 0.3) is 10.9 Å². The van der Waals surface area contributed by atoms with Crippen LogP contribution in [0.3, 0.4) is 0 Å². The second kappa shape index (κ2) is 6.11. The molecule has 3 aromatic rings. The highest BCUT2D eigenvalue weighted by Gasteiger charge is 2.22. The van der Waals surface area contributed by atoms with Gasteiger partial charge in [0, 0.05) is 49.3 Å². The number of aryl methyl sites for hydroxylation is 2. The number of nitrogens with zero attached hydrogens (tertiary/aromatic N) is 2. The Labute approximate surface area is 142 Å². The molecule has 0 fully saturated rings. The molecule has 126 valence electrons. The predicted octanol–water partition coefficient (Wildman–Crippen LogP) is 4.14. The van der Waals surface area contributed by atoms with E-state index in [2.05, 4.69) is 29.6 Å². The summed E-state index contributed by atoms with van der Waals surface area (Å²) < 4.78 is 2.06. The Bertz CT molecular complexity index is 883. The molecule has 4 nitrogen and oxygen atoms in total. The number of fused-ring (bicyclic) bond motifs is 2. The summed E-state index contributed by atoms with van der Waals surface area (Å²) in [6.07, 6.45) is 2.06. The van der Waals surface area contributed by atoms with Crippen molar-refractivity contribution in [2.24, 2.45) is 7.05 Å². The van der Waals surface area contributed by atoms with Crippen molar-refractivity contribution in [2.45, 2.75) is 19.8 Å². The number of aromatic hydroxyl groups is 2. The molecule has 4 rings (SSSR count). The lowest BCUT2D eigenvalue weighted by Crippen LogP contribution is -2.13. The van der Waals surface area contributed by atoms with E-state index < -0.39 is 0 Å². The fraction of sp³-hybridized carbons (Fsp3) is 0.300. The summed E-state index contributed by atoms with van der Waals surface area (Å²) in [5, 5.41) is 19.7. The standard InChI is InChI=1S/C10H13NO.C10H11NO/c2*1-7-6-11(2)10-4-3-8(12)5-9(7)10/h3-5,7,12H,6H2,1-2H3;3-6,12H,1-2H3. The van der Waals surface area contributed by atoms with Gasteiger partial charge in [-0.3, -0.25) is 0 Å². The van der Waals surface area contributed by atoms with Gasteiger partial charge in [-0.1, -0.05) is 6.92 Å². The minimum absolute atomic E-state index is 0.330. The molecule has 0 amide bonds. The first-order valence-corrected chi connectivity index (χ1v) is 8.15. The molecule has 2 N–H and O–H groups in total. The number of anilines is 1. The first-order valence-electron chi connectivity index (χ1n) is 8.15. The highest BCUT2D eigenvalue weighted by molar-refractivity contribution is 5.84. The maximum Gasteiger partial charge on any atom is 0.116 e. The molecule has 2 aromatic carbocycles. The Balaban J connectivity index is 0.000000141. The molecule has 0 aliphatic carbocycles. The molecular formula is C20H24N2O2. The van der Waals surface area contributed by atoms with Crippen LogP contribution in [0.2, 0.25) is 0 Å². The third kappa shape index (κ3) is 2.92. The molecule has 1 aromatic heterocycles. The van der Waals surface area contributed by atoms with Gasteiger partial charge in [-0.05, 0) is 54.4 Å². The lowest BCUT2D eigenvalue weighted by Gasteiger charge is -2.10. The van der Waals surface area contributed by atoms with Crippen molar-refractivity contribution >= 4 is 16.6 Å². The summed E-state index contributed by atoms with van der Waals surface area (Å²) >= 11 is 0. The van der Waals surface area contributed by atoms with Crippen molar-refractivity contribution in [2.75, 3.05) is 18.5 Å². The van der Waals surface area contributed by atoms with Gasteiger partial charge < -0.3 is 19.7 Å². The quantitative estimate of drug-likeness (QED) is 0.653. The fourth-order valence-electron chi connectivity index (χ4n) is 3.47. The first kappa shape index (κ1) is 16.2. The lowest BCUT2D eigenvalue weighted by molar-refractivity contribution is 0.474. The van der Waals surface area contributed by atoms with Crippen molar-refractivity contribution in [1.29, 1.82) is 0 Å². The van der Waals surface area contributed by atoms with Crippen LogP contribution in [0.5, 0.6) is 11.5 Å². The van der Waals surface area contributed by atoms with E-state index in [9.17, 15) is 10.2 Å². The number of hydrogen-bond acceptors (Lipinski definition) is 3. The number of benzene rings is 2. The maximum atomic E-state index is 9.28. The Morgan fingerprint density at radius 3 is 2.42 bits per heavy atom. The second-order valence-corrected chi connectivity index (χ2v) is 6.65. The first-order chi connectivity index (χ1) is 11.4. The van der Waals surface area contributed by atoms with E-state index >= 15 is 0 Å². The van der Waals surface area contributed by atoms with E-state index in [0.717, 1.165) is 17.4 Å². The summed E-state index contributed by atoms with van der Waals surface area (Å²) in [5.74, 6) is 1.24. The molecule has 4 heteroatoms. The van der Waals surface area contributed by atoms with Crippen LogP contribution in [0.15, 0.2) is 42.6 Å². The molecule has 0 saturated heterocycles. The van der Waals surface area contributed by atoms with Crippen LogP contribution in [0.4, 0.5) is 5.69 Å². The second-order valence-electron chi connectivity index (χ2n) is 6.65. The van der Waals surface area contributed by atoms with Gasteiger partial charge in [0.2, 0.25) is 0 Å². The Kier molecular flexibility index (Phi) is 4.14. The molecular weight excluding hydrogens is 300 g/mol. The molecule has 2 heterocycles. The van der Waals surface area contributed by atoms with Crippen LogP contribution >= 0.6 is 0 Å². The van der Waals surface area contributed by atoms with Gasteiger partial charge in [-0.15, -0.1) is 0 Å². The smallest absolute Gasteiger partial charge is 0.116 e. The largest absolute Gasteiger partial charge is 0.508 e. The molecule has 24 heavy (non-hydrogen) atoms. The molecule has 0 spiro atoms. The number of phenolic OH excluding ortho intramolecular Hbond substituents is 2. The predicted molar refractivity (Wildman–Crippen MR) is 99.1 cm³/mol. The number of rotatable bonds is 0. The third-order valence-electron chi connectivity index (χ3n) is 4.67. The number of hydrogen-bond donors (Lipinski definition) is 2. The van der Waals surface area contributed by atoms with E-state index in [4.69, 9.17) is 0 Å². The van der Waals surface area contributed by atoms with Gasteiger partial charge in [0.1, 0.15) is 11.5 Å². The Hall–Kier alpha value is -2.62. The number of phenols is 2. The van der Waals surface area contributed by atoms with Crippen LogP contribution < -0.4 is 4.90 Å². The normalized spacial score (nSPS) is 16.0. The lowest BCUT2D eigenvalue weighted by atomic mass is 10.0. The molecule has 0 saturated carbocycles. The average Bonchev–Trinajstić information content (AvgIpc) is 2.96. The monoisotopic (exact) mass is 324 g/mol. The van der Waals surface area contributed by atoms with E-state index in [0.29, 0.717) is 17.4 Å². The average molecular weight is 324 g/mol. The molecule has 1 atom stereocenters. The summed E-state index contributed by atoms with van der Waals surface area (Å²) in [6, 6.07) is 11.0. The van der Waals surface area contributed by atoms with Crippen LogP contribution in [0.1, 0.15) is 24.0 Å². The minimum Gasteiger partial charge on any atom is -0.508 e. The van der Waals surface area contributed by atoms with Crippen molar-refractivity contribution in [3.8, 4) is 11.5 Å². The molecule has 1 unspecified atom stereocenters. The van der Waals surface area contributed by atoms with Crippen LogP contribution in [0, 0.1) is 6.92 Å². The van der Waals surface area contributed by atoms with Gasteiger partial charge in [-0.2, -0.15) is 0 Å². The Morgan fingerprint density at radius 1 is 1.00 bits per heavy atom. The number of aromatic nitrogens is 1. The van der Waals surface area contributed by atoms with E-state index in [1.807, 2.05) is 32.2 Å². The molecule has 0 radical (unpaired) electrons. The van der Waals surface area contributed by atoms with E-state index in [1.165, 1.54) is 16.8 Å². The SMILES string of the molecule is CC1CN(C)c2ccc(O)cc21.Cc1cn(C)c2ccc(O)cc12. The van der Waals surface area contributed by atoms with Crippen molar-refractivity contribution in [1.82, 2.24) is 4.57 Å². The minimum atomic E-state index is 0.330. The maximum absolute atomic E-state index is 9.28. The van der Waals surface area contributed by atoms with Gasteiger partial charge in [-0.25, -0.2) is 0 Å². The highest BCUT2D eigenvalue weighted by atomic mass is 16.3. The highest BCUT2D eigenvalue weighted by Crippen LogP contribution is 2.36. The zero-order valence-electron chi connectivity index (χ0n) is 14.6. The zero-order chi connectivity index (χ0) is 17.4. The Morgan fingerprint density at radius 2 is 1.67 bits per heavy atom. The van der Waals surface area contributed by atoms with E-state index in [-0.39, 0.29) is 0 Å². The van der Waals surface area contributed by atoms with Crippen molar-refractivity contribution in [3.05, 3.63) is 53.7 Å². The van der Waals surface area contributed by atoms with Gasteiger partial charge >= 0.3 is 0 Å². The van der Waals surface area contributed by atoms with Gasteiger partial charge in [0.05, 0.1) is 0 Å². The van der Waals surface area contributed by atoms with Crippen molar-refractivity contribution in [3.63, 3.8) is 0 Å². The summed E-state index contributed by atoms with van der Waals surface area (Å²) in [5.41, 5.74) is 4.87. The topological polar surface area (TPSA) is 48.6 Å². The molecule has 0 bridgehead atoms. The zero-order valence-corrected chi connectivity index (χ0v) is 14.6.